The maximum Gasteiger partial charge on any atom is 0.267 e. The van der Waals surface area contributed by atoms with Gasteiger partial charge < -0.3 is 5.32 Å². The van der Waals surface area contributed by atoms with Crippen LogP contribution in [0.3, 0.4) is 0 Å². The Morgan fingerprint density at radius 2 is 1.73 bits per heavy atom. The molecular formula is C16H11ClN2O3. The van der Waals surface area contributed by atoms with E-state index in [1.807, 2.05) is 0 Å². The van der Waals surface area contributed by atoms with Crippen LogP contribution < -0.4 is 10.2 Å². The molecule has 0 spiro atoms. The van der Waals surface area contributed by atoms with Gasteiger partial charge in [-0.2, -0.15) is 0 Å². The number of fused-ring (bicyclic) bond motifs is 1. The van der Waals surface area contributed by atoms with Crippen molar-refractivity contribution in [2.75, 3.05) is 10.2 Å². The maximum atomic E-state index is 12.4. The number of amides is 3. The minimum atomic E-state index is -0.446. The molecule has 0 radical (unpaired) electrons. The smallest absolute Gasteiger partial charge is 0.267 e. The molecule has 0 fully saturated rings. The lowest BCUT2D eigenvalue weighted by Crippen LogP contribution is -2.29. The molecule has 22 heavy (non-hydrogen) atoms. The van der Waals surface area contributed by atoms with Gasteiger partial charge >= 0.3 is 0 Å². The number of carbonyl (C=O) groups is 3. The maximum absolute atomic E-state index is 12.4. The highest BCUT2D eigenvalue weighted by molar-refractivity contribution is 6.42. The molecule has 1 heterocycles. The van der Waals surface area contributed by atoms with Gasteiger partial charge in [-0.1, -0.05) is 17.7 Å². The van der Waals surface area contributed by atoms with Gasteiger partial charge in [-0.15, -0.1) is 0 Å². The zero-order valence-electron chi connectivity index (χ0n) is 11.6. The van der Waals surface area contributed by atoms with E-state index in [-0.39, 0.29) is 16.5 Å². The number of anilines is 2. The summed E-state index contributed by atoms with van der Waals surface area (Å²) in [4.78, 5) is 36.9. The third-order valence-corrected chi connectivity index (χ3v) is 3.62. The van der Waals surface area contributed by atoms with Crippen LogP contribution in [0.25, 0.3) is 0 Å². The van der Waals surface area contributed by atoms with Crippen LogP contribution in [-0.2, 0) is 4.79 Å². The third-order valence-electron chi connectivity index (χ3n) is 3.31. The molecule has 3 amide bonds. The number of rotatable bonds is 2. The first-order valence-electron chi connectivity index (χ1n) is 6.54. The van der Waals surface area contributed by atoms with Gasteiger partial charge in [0.05, 0.1) is 21.8 Å². The van der Waals surface area contributed by atoms with Crippen molar-refractivity contribution in [3.05, 3.63) is 58.6 Å². The first-order chi connectivity index (χ1) is 10.5. The number of carbonyl (C=O) groups excluding carboxylic acids is 3. The highest BCUT2D eigenvalue weighted by Gasteiger charge is 2.38. The van der Waals surface area contributed by atoms with Crippen molar-refractivity contribution < 1.29 is 14.4 Å². The van der Waals surface area contributed by atoms with E-state index < -0.39 is 11.8 Å². The van der Waals surface area contributed by atoms with E-state index in [0.29, 0.717) is 16.9 Å². The Labute approximate surface area is 131 Å². The first-order valence-corrected chi connectivity index (χ1v) is 6.92. The molecule has 1 N–H and O–H groups in total. The van der Waals surface area contributed by atoms with Crippen LogP contribution in [0.15, 0.2) is 42.5 Å². The lowest BCUT2D eigenvalue weighted by Gasteiger charge is -2.14. The second-order valence-corrected chi connectivity index (χ2v) is 5.24. The number of hydrogen-bond donors (Lipinski definition) is 1. The Morgan fingerprint density at radius 3 is 2.32 bits per heavy atom. The summed E-state index contributed by atoms with van der Waals surface area (Å²) in [6.07, 6.45) is 0. The predicted molar refractivity (Wildman–Crippen MR) is 83.3 cm³/mol. The number of nitrogens with one attached hydrogen (secondary N) is 1. The lowest BCUT2D eigenvalue weighted by molar-refractivity contribution is -0.114. The molecule has 0 aliphatic carbocycles. The van der Waals surface area contributed by atoms with Crippen molar-refractivity contribution in [1.29, 1.82) is 0 Å². The van der Waals surface area contributed by atoms with Crippen molar-refractivity contribution in [3.63, 3.8) is 0 Å². The first kappa shape index (κ1) is 14.3. The molecule has 0 saturated carbocycles. The van der Waals surface area contributed by atoms with Crippen LogP contribution in [0.1, 0.15) is 27.6 Å². The fourth-order valence-electron chi connectivity index (χ4n) is 2.38. The summed E-state index contributed by atoms with van der Waals surface area (Å²) in [5.41, 5.74) is 1.53. The second-order valence-electron chi connectivity index (χ2n) is 4.84. The Kier molecular flexibility index (Phi) is 3.42. The molecule has 2 aromatic rings. The monoisotopic (exact) mass is 314 g/mol. The summed E-state index contributed by atoms with van der Waals surface area (Å²) >= 11 is 6.02. The van der Waals surface area contributed by atoms with Gasteiger partial charge in [-0.25, -0.2) is 4.90 Å². The fourth-order valence-corrected chi connectivity index (χ4v) is 2.63. The quantitative estimate of drug-likeness (QED) is 0.866. The van der Waals surface area contributed by atoms with Crippen molar-refractivity contribution in [2.24, 2.45) is 0 Å². The topological polar surface area (TPSA) is 66.5 Å². The summed E-state index contributed by atoms with van der Waals surface area (Å²) in [5, 5.41) is 2.88. The highest BCUT2D eigenvalue weighted by Crippen LogP contribution is 2.32. The molecule has 5 nitrogen and oxygen atoms in total. The molecule has 2 aromatic carbocycles. The average molecular weight is 315 g/mol. The molecule has 110 valence electrons. The van der Waals surface area contributed by atoms with Gasteiger partial charge in [0.15, 0.2) is 0 Å². The van der Waals surface area contributed by atoms with E-state index in [1.165, 1.54) is 6.92 Å². The van der Waals surface area contributed by atoms with Gasteiger partial charge in [0.25, 0.3) is 11.8 Å². The summed E-state index contributed by atoms with van der Waals surface area (Å²) < 4.78 is 0. The largest absolute Gasteiger partial charge is 0.326 e. The Morgan fingerprint density at radius 1 is 1.05 bits per heavy atom. The van der Waals surface area contributed by atoms with Gasteiger partial charge in [0.1, 0.15) is 0 Å². The van der Waals surface area contributed by atoms with Crippen molar-refractivity contribution >= 4 is 40.7 Å². The third kappa shape index (κ3) is 2.25. The van der Waals surface area contributed by atoms with Gasteiger partial charge in [-0.3, -0.25) is 14.4 Å². The van der Waals surface area contributed by atoms with Crippen molar-refractivity contribution in [3.8, 4) is 0 Å². The molecule has 1 aliphatic heterocycles. The van der Waals surface area contributed by atoms with Crippen LogP contribution in [0.5, 0.6) is 0 Å². The molecule has 0 saturated heterocycles. The van der Waals surface area contributed by atoms with E-state index in [1.54, 1.807) is 42.5 Å². The Hall–Kier alpha value is -2.66. The van der Waals surface area contributed by atoms with E-state index in [4.69, 9.17) is 11.6 Å². The zero-order valence-corrected chi connectivity index (χ0v) is 12.3. The SMILES string of the molecule is CC(=O)Nc1ccc(N2C(=O)c3cccc(Cl)c3C2=O)cc1. The van der Waals surface area contributed by atoms with E-state index in [0.717, 1.165) is 4.90 Å². The number of halogens is 1. The standard InChI is InChI=1S/C16H11ClN2O3/c1-9(20)18-10-5-7-11(8-6-10)19-15(21)12-3-2-4-13(17)14(12)16(19)22/h2-8H,1H3,(H,18,20). The zero-order chi connectivity index (χ0) is 15.9. The van der Waals surface area contributed by atoms with E-state index in [2.05, 4.69) is 5.32 Å². The van der Waals surface area contributed by atoms with Gasteiger partial charge in [0.2, 0.25) is 5.91 Å². The van der Waals surface area contributed by atoms with Crippen molar-refractivity contribution in [1.82, 2.24) is 0 Å². The Balaban J connectivity index is 1.97. The average Bonchev–Trinajstić information content (AvgIpc) is 2.73. The van der Waals surface area contributed by atoms with Gasteiger partial charge in [0, 0.05) is 12.6 Å². The number of imide groups is 1. The molecule has 0 unspecified atom stereocenters. The van der Waals surface area contributed by atoms with Crippen LogP contribution in [0.2, 0.25) is 5.02 Å². The molecular weight excluding hydrogens is 304 g/mol. The summed E-state index contributed by atoms with van der Waals surface area (Å²) in [7, 11) is 0. The minimum Gasteiger partial charge on any atom is -0.326 e. The van der Waals surface area contributed by atoms with Crippen LogP contribution in [-0.4, -0.2) is 17.7 Å². The normalized spacial score (nSPS) is 13.3. The molecule has 0 bridgehead atoms. The fraction of sp³-hybridized carbons (Fsp3) is 0.0625. The van der Waals surface area contributed by atoms with Crippen LogP contribution >= 0.6 is 11.6 Å². The molecule has 3 rings (SSSR count). The molecule has 0 aromatic heterocycles. The minimum absolute atomic E-state index is 0.194. The molecule has 0 atom stereocenters. The highest BCUT2D eigenvalue weighted by atomic mass is 35.5. The summed E-state index contributed by atoms with van der Waals surface area (Å²) in [5.74, 6) is -1.05. The second kappa shape index (κ2) is 5.27. The lowest BCUT2D eigenvalue weighted by atomic mass is 10.1. The number of nitrogens with zero attached hydrogens (tertiary/aromatic N) is 1. The molecule has 6 heteroatoms. The van der Waals surface area contributed by atoms with Crippen molar-refractivity contribution in [2.45, 2.75) is 6.92 Å². The van der Waals surface area contributed by atoms with Crippen LogP contribution in [0.4, 0.5) is 11.4 Å². The number of benzene rings is 2. The summed E-state index contributed by atoms with van der Waals surface area (Å²) in [6, 6.07) is 11.2. The molecule has 1 aliphatic rings. The van der Waals surface area contributed by atoms with E-state index >= 15 is 0 Å². The summed E-state index contributed by atoms with van der Waals surface area (Å²) in [6.45, 7) is 1.40. The number of hydrogen-bond acceptors (Lipinski definition) is 3. The predicted octanol–water partition coefficient (Wildman–Crippen LogP) is 3.10. The van der Waals surface area contributed by atoms with E-state index in [9.17, 15) is 14.4 Å². The van der Waals surface area contributed by atoms with Gasteiger partial charge in [-0.05, 0) is 36.4 Å². The van der Waals surface area contributed by atoms with Crippen LogP contribution in [0, 0.1) is 0 Å². The Bertz CT molecular complexity index is 800.